The SMILES string of the molecule is CCc1ccc(NC(=O)[C@H](C)OC(=O)c2ccc(NS(=O)(=O)c3ccc(F)c(F)c3)cc2)cc1. The number of hydrogen-bond donors (Lipinski definition) is 2. The lowest BCUT2D eigenvalue weighted by atomic mass is 10.1. The van der Waals surface area contributed by atoms with Crippen LogP contribution < -0.4 is 10.0 Å². The van der Waals surface area contributed by atoms with E-state index in [-0.39, 0.29) is 11.3 Å². The predicted molar refractivity (Wildman–Crippen MR) is 123 cm³/mol. The molecule has 0 aliphatic rings. The number of anilines is 2. The number of carbonyl (C=O) groups excluding carboxylic acids is 2. The highest BCUT2D eigenvalue weighted by Gasteiger charge is 2.20. The monoisotopic (exact) mass is 488 g/mol. The predicted octanol–water partition coefficient (Wildman–Crippen LogP) is 4.51. The lowest BCUT2D eigenvalue weighted by Gasteiger charge is -2.14. The van der Waals surface area contributed by atoms with Gasteiger partial charge in [-0.25, -0.2) is 22.0 Å². The summed E-state index contributed by atoms with van der Waals surface area (Å²) >= 11 is 0. The molecule has 0 spiro atoms. The first kappa shape index (κ1) is 24.8. The van der Waals surface area contributed by atoms with E-state index in [1.54, 1.807) is 12.1 Å². The van der Waals surface area contributed by atoms with Gasteiger partial charge in [-0.1, -0.05) is 19.1 Å². The topological polar surface area (TPSA) is 102 Å². The molecule has 10 heteroatoms. The number of esters is 1. The van der Waals surface area contributed by atoms with Crippen LogP contribution in [0.1, 0.15) is 29.8 Å². The third-order valence-electron chi connectivity index (χ3n) is 4.86. The highest BCUT2D eigenvalue weighted by atomic mass is 32.2. The summed E-state index contributed by atoms with van der Waals surface area (Å²) in [7, 11) is -4.18. The first-order chi connectivity index (χ1) is 16.1. The van der Waals surface area contributed by atoms with Gasteiger partial charge in [0, 0.05) is 11.4 Å². The Balaban J connectivity index is 1.60. The molecule has 0 saturated carbocycles. The minimum atomic E-state index is -4.18. The molecular formula is C24H22F2N2O5S. The minimum Gasteiger partial charge on any atom is -0.449 e. The van der Waals surface area contributed by atoms with Gasteiger partial charge >= 0.3 is 5.97 Å². The van der Waals surface area contributed by atoms with Gasteiger partial charge in [-0.2, -0.15) is 0 Å². The Morgan fingerprint density at radius 1 is 0.912 bits per heavy atom. The number of halogens is 2. The Bertz CT molecular complexity index is 1290. The van der Waals surface area contributed by atoms with E-state index in [1.165, 1.54) is 31.2 Å². The fraction of sp³-hybridized carbons (Fsp3) is 0.167. The van der Waals surface area contributed by atoms with Crippen LogP contribution in [-0.2, 0) is 26.0 Å². The van der Waals surface area contributed by atoms with Crippen LogP contribution in [0.3, 0.4) is 0 Å². The molecule has 1 amide bonds. The molecule has 3 rings (SSSR count). The zero-order valence-corrected chi connectivity index (χ0v) is 19.2. The minimum absolute atomic E-state index is 0.0857. The number of benzene rings is 3. The molecule has 3 aromatic rings. The van der Waals surface area contributed by atoms with Crippen molar-refractivity contribution < 1.29 is 31.5 Å². The highest BCUT2D eigenvalue weighted by Crippen LogP contribution is 2.19. The van der Waals surface area contributed by atoms with Crippen LogP contribution in [0.25, 0.3) is 0 Å². The van der Waals surface area contributed by atoms with Crippen molar-refractivity contribution in [2.24, 2.45) is 0 Å². The number of ether oxygens (including phenoxy) is 1. The third kappa shape index (κ3) is 6.16. The summed E-state index contributed by atoms with van der Waals surface area (Å²) in [5.74, 6) is -3.75. The Morgan fingerprint density at radius 3 is 2.12 bits per heavy atom. The van der Waals surface area contributed by atoms with Crippen LogP contribution in [0.15, 0.2) is 71.6 Å². The molecule has 178 valence electrons. The van der Waals surface area contributed by atoms with Crippen LogP contribution in [0, 0.1) is 11.6 Å². The number of rotatable bonds is 8. The number of amides is 1. The molecule has 0 fully saturated rings. The molecule has 3 aromatic carbocycles. The van der Waals surface area contributed by atoms with Crippen LogP contribution in [0.5, 0.6) is 0 Å². The van der Waals surface area contributed by atoms with E-state index < -0.39 is 44.5 Å². The molecule has 0 bridgehead atoms. The number of aryl methyl sites for hydroxylation is 1. The Labute approximate surface area is 195 Å². The zero-order valence-electron chi connectivity index (χ0n) is 18.3. The lowest BCUT2D eigenvalue weighted by molar-refractivity contribution is -0.123. The van der Waals surface area contributed by atoms with Gasteiger partial charge < -0.3 is 10.1 Å². The summed E-state index contributed by atoms with van der Waals surface area (Å²) in [6.45, 7) is 3.45. The smallest absolute Gasteiger partial charge is 0.338 e. The second kappa shape index (κ2) is 10.4. The van der Waals surface area contributed by atoms with Crippen molar-refractivity contribution in [3.63, 3.8) is 0 Å². The van der Waals surface area contributed by atoms with E-state index >= 15 is 0 Å². The lowest BCUT2D eigenvalue weighted by Crippen LogP contribution is -2.30. The third-order valence-corrected chi connectivity index (χ3v) is 6.24. The van der Waals surface area contributed by atoms with Crippen molar-refractivity contribution in [2.75, 3.05) is 10.0 Å². The largest absolute Gasteiger partial charge is 0.449 e. The molecule has 0 aliphatic carbocycles. The average Bonchev–Trinajstić information content (AvgIpc) is 2.81. The van der Waals surface area contributed by atoms with Crippen molar-refractivity contribution in [1.82, 2.24) is 0 Å². The first-order valence-corrected chi connectivity index (χ1v) is 11.8. The molecule has 0 radical (unpaired) electrons. The van der Waals surface area contributed by atoms with Gasteiger partial charge in [0.1, 0.15) is 0 Å². The first-order valence-electron chi connectivity index (χ1n) is 10.3. The van der Waals surface area contributed by atoms with Crippen LogP contribution in [0.2, 0.25) is 0 Å². The summed E-state index contributed by atoms with van der Waals surface area (Å²) in [6.07, 6.45) is -0.210. The van der Waals surface area contributed by atoms with Crippen LogP contribution in [-0.4, -0.2) is 26.4 Å². The fourth-order valence-corrected chi connectivity index (χ4v) is 3.95. The number of nitrogens with one attached hydrogen (secondary N) is 2. The number of carbonyl (C=O) groups is 2. The maximum atomic E-state index is 13.4. The van der Waals surface area contributed by atoms with E-state index in [0.717, 1.165) is 18.1 Å². The molecule has 0 unspecified atom stereocenters. The van der Waals surface area contributed by atoms with Gasteiger partial charge in [-0.3, -0.25) is 9.52 Å². The van der Waals surface area contributed by atoms with Gasteiger partial charge in [0.15, 0.2) is 17.7 Å². The van der Waals surface area contributed by atoms with Crippen LogP contribution >= 0.6 is 0 Å². The average molecular weight is 489 g/mol. The van der Waals surface area contributed by atoms with Crippen molar-refractivity contribution >= 4 is 33.3 Å². The summed E-state index contributed by atoms with van der Waals surface area (Å²) < 4.78 is 58.5. The molecular weight excluding hydrogens is 466 g/mol. The molecule has 7 nitrogen and oxygen atoms in total. The number of sulfonamides is 1. The molecule has 34 heavy (non-hydrogen) atoms. The Hall–Kier alpha value is -3.79. The van der Waals surface area contributed by atoms with E-state index in [2.05, 4.69) is 10.0 Å². The van der Waals surface area contributed by atoms with Gasteiger partial charge in [-0.05, 0) is 73.5 Å². The standard InChI is InChI=1S/C24H22F2N2O5S/c1-3-16-4-8-18(9-5-16)27-23(29)15(2)33-24(30)17-6-10-19(11-7-17)28-34(31,32)20-12-13-21(25)22(26)14-20/h4-15,28H,3H2,1-2H3,(H,27,29)/t15-/m0/s1. The molecule has 1 atom stereocenters. The van der Waals surface area contributed by atoms with Gasteiger partial charge in [0.05, 0.1) is 10.5 Å². The zero-order chi connectivity index (χ0) is 24.9. The van der Waals surface area contributed by atoms with E-state index in [9.17, 15) is 26.8 Å². The van der Waals surface area contributed by atoms with Gasteiger partial charge in [0.25, 0.3) is 15.9 Å². The van der Waals surface area contributed by atoms with Gasteiger partial charge in [0.2, 0.25) is 0 Å². The molecule has 0 aliphatic heterocycles. The summed E-state index contributed by atoms with van der Waals surface area (Å²) in [5, 5.41) is 2.66. The normalized spacial score (nSPS) is 12.0. The Kier molecular flexibility index (Phi) is 7.62. The van der Waals surface area contributed by atoms with Gasteiger partial charge in [-0.15, -0.1) is 0 Å². The summed E-state index contributed by atoms with van der Waals surface area (Å²) in [5.41, 5.74) is 1.86. The quantitative estimate of drug-likeness (QED) is 0.454. The van der Waals surface area contributed by atoms with Crippen molar-refractivity contribution in [3.05, 3.63) is 89.5 Å². The van der Waals surface area contributed by atoms with Crippen molar-refractivity contribution in [2.45, 2.75) is 31.3 Å². The fourth-order valence-electron chi connectivity index (χ4n) is 2.88. The van der Waals surface area contributed by atoms with Crippen LogP contribution in [0.4, 0.5) is 20.2 Å². The molecule has 0 aromatic heterocycles. The highest BCUT2D eigenvalue weighted by molar-refractivity contribution is 7.92. The second-order valence-electron chi connectivity index (χ2n) is 7.35. The van der Waals surface area contributed by atoms with E-state index in [1.807, 2.05) is 19.1 Å². The maximum Gasteiger partial charge on any atom is 0.338 e. The number of hydrogen-bond acceptors (Lipinski definition) is 5. The summed E-state index contributed by atoms with van der Waals surface area (Å²) in [6, 6.07) is 14.7. The molecule has 0 heterocycles. The second-order valence-corrected chi connectivity index (χ2v) is 9.03. The molecule has 0 saturated heterocycles. The molecule has 2 N–H and O–H groups in total. The van der Waals surface area contributed by atoms with Crippen molar-refractivity contribution in [1.29, 1.82) is 0 Å². The van der Waals surface area contributed by atoms with Crippen molar-refractivity contribution in [3.8, 4) is 0 Å². The Morgan fingerprint density at radius 2 is 1.53 bits per heavy atom. The van der Waals surface area contributed by atoms with E-state index in [4.69, 9.17) is 4.74 Å². The maximum absolute atomic E-state index is 13.4. The van der Waals surface area contributed by atoms with E-state index in [0.29, 0.717) is 17.8 Å². The summed E-state index contributed by atoms with van der Waals surface area (Å²) in [4.78, 5) is 24.2.